The van der Waals surface area contributed by atoms with E-state index in [-0.39, 0.29) is 11.5 Å². The number of benzene rings is 1. The Bertz CT molecular complexity index is 559. The fraction of sp³-hybridized carbons (Fsp3) is 0.444. The molecule has 1 aromatic carbocycles. The summed E-state index contributed by atoms with van der Waals surface area (Å²) in [6, 6.07) is 12.4. The van der Waals surface area contributed by atoms with Gasteiger partial charge in [0.1, 0.15) is 11.6 Å². The first kappa shape index (κ1) is 16.1. The van der Waals surface area contributed by atoms with Crippen LogP contribution in [0.3, 0.4) is 0 Å². The van der Waals surface area contributed by atoms with Gasteiger partial charge in [0.25, 0.3) is 5.91 Å². The van der Waals surface area contributed by atoms with Crippen molar-refractivity contribution >= 4 is 5.91 Å². The largest absolute Gasteiger partial charge is 0.373 e. The van der Waals surface area contributed by atoms with Gasteiger partial charge in [0.05, 0.1) is 0 Å². The van der Waals surface area contributed by atoms with Crippen LogP contribution < -0.4 is 5.32 Å². The van der Waals surface area contributed by atoms with Gasteiger partial charge in [-0.2, -0.15) is 5.26 Å². The van der Waals surface area contributed by atoms with Crippen LogP contribution in [0, 0.1) is 11.3 Å². The molecule has 2 rings (SSSR count). The van der Waals surface area contributed by atoms with Crippen molar-refractivity contribution in [3.8, 4) is 6.07 Å². The van der Waals surface area contributed by atoms with Gasteiger partial charge in [-0.15, -0.1) is 0 Å². The van der Waals surface area contributed by atoms with Gasteiger partial charge in [-0.05, 0) is 38.2 Å². The number of nitrogens with zero attached hydrogens (tertiary/aromatic N) is 2. The average Bonchev–Trinajstić information content (AvgIpc) is 2.55. The lowest BCUT2D eigenvalue weighted by Gasteiger charge is -2.32. The highest BCUT2D eigenvalue weighted by Crippen LogP contribution is 2.17. The highest BCUT2D eigenvalue weighted by Gasteiger charge is 2.18. The van der Waals surface area contributed by atoms with Gasteiger partial charge in [-0.1, -0.05) is 30.3 Å². The predicted molar refractivity (Wildman–Crippen MR) is 86.9 cm³/mol. The molecule has 1 aliphatic rings. The summed E-state index contributed by atoms with van der Waals surface area (Å²) in [5.74, 6) is -0.281. The van der Waals surface area contributed by atoms with Crippen molar-refractivity contribution in [2.45, 2.75) is 38.6 Å². The van der Waals surface area contributed by atoms with Crippen molar-refractivity contribution in [1.82, 2.24) is 10.2 Å². The third-order valence-corrected chi connectivity index (χ3v) is 4.06. The number of nitrogens with one attached hydrogen (secondary N) is 1. The standard InChI is InChI=1S/C18H23N3O/c1-15-7-5-6-12-21(15)14-17(13-19)18(22)20-11-10-16-8-3-2-4-9-16/h2-4,8-9,14-15H,5-7,10-12H2,1H3,(H,20,22)/b17-14-. The molecule has 1 aromatic rings. The molecule has 0 radical (unpaired) electrons. The molecule has 1 N–H and O–H groups in total. The fourth-order valence-electron chi connectivity index (χ4n) is 2.68. The zero-order valence-corrected chi connectivity index (χ0v) is 13.1. The Hall–Kier alpha value is -2.28. The minimum atomic E-state index is -0.281. The lowest BCUT2D eigenvalue weighted by molar-refractivity contribution is -0.117. The summed E-state index contributed by atoms with van der Waals surface area (Å²) in [5.41, 5.74) is 1.37. The number of amides is 1. The molecule has 1 unspecified atom stereocenters. The smallest absolute Gasteiger partial charge is 0.263 e. The van der Waals surface area contributed by atoms with Crippen molar-refractivity contribution in [2.24, 2.45) is 0 Å². The summed E-state index contributed by atoms with van der Waals surface area (Å²) >= 11 is 0. The summed E-state index contributed by atoms with van der Waals surface area (Å²) in [7, 11) is 0. The minimum absolute atomic E-state index is 0.196. The summed E-state index contributed by atoms with van der Waals surface area (Å²) in [5, 5.41) is 12.1. The first-order valence-corrected chi connectivity index (χ1v) is 7.90. The Balaban J connectivity index is 1.87. The van der Waals surface area contributed by atoms with Gasteiger partial charge in [-0.25, -0.2) is 0 Å². The molecule has 0 bridgehead atoms. The van der Waals surface area contributed by atoms with Gasteiger partial charge < -0.3 is 10.2 Å². The topological polar surface area (TPSA) is 56.1 Å². The second-order valence-corrected chi connectivity index (χ2v) is 5.73. The Morgan fingerprint density at radius 2 is 2.18 bits per heavy atom. The number of piperidine rings is 1. The summed E-state index contributed by atoms with van der Waals surface area (Å²) in [6.07, 6.45) is 5.95. The Labute approximate surface area is 132 Å². The van der Waals surface area contributed by atoms with Crippen LogP contribution in [0.5, 0.6) is 0 Å². The van der Waals surface area contributed by atoms with E-state index in [1.54, 1.807) is 6.20 Å². The predicted octanol–water partition coefficient (Wildman–Crippen LogP) is 2.63. The lowest BCUT2D eigenvalue weighted by atomic mass is 10.0. The zero-order chi connectivity index (χ0) is 15.8. The molecular formula is C18H23N3O. The average molecular weight is 297 g/mol. The molecule has 0 saturated carbocycles. The van der Waals surface area contributed by atoms with Crippen LogP contribution in [0.2, 0.25) is 0 Å². The maximum Gasteiger partial charge on any atom is 0.263 e. The van der Waals surface area contributed by atoms with E-state index in [1.807, 2.05) is 36.4 Å². The van der Waals surface area contributed by atoms with E-state index in [0.717, 1.165) is 25.8 Å². The van der Waals surface area contributed by atoms with Crippen molar-refractivity contribution in [1.29, 1.82) is 5.26 Å². The molecule has 1 aliphatic heterocycles. The van der Waals surface area contributed by atoms with E-state index in [9.17, 15) is 10.1 Å². The van der Waals surface area contributed by atoms with Crippen molar-refractivity contribution < 1.29 is 4.79 Å². The van der Waals surface area contributed by atoms with Crippen molar-refractivity contribution in [3.63, 3.8) is 0 Å². The molecule has 1 saturated heterocycles. The van der Waals surface area contributed by atoms with Gasteiger partial charge in [0, 0.05) is 25.3 Å². The highest BCUT2D eigenvalue weighted by molar-refractivity contribution is 5.97. The van der Waals surface area contributed by atoms with Crippen LogP contribution >= 0.6 is 0 Å². The van der Waals surface area contributed by atoms with E-state index >= 15 is 0 Å². The number of rotatable bonds is 5. The molecule has 4 heteroatoms. The first-order chi connectivity index (χ1) is 10.7. The Morgan fingerprint density at radius 3 is 2.86 bits per heavy atom. The summed E-state index contributed by atoms with van der Waals surface area (Å²) in [4.78, 5) is 14.2. The number of carbonyl (C=O) groups excluding carboxylic acids is 1. The number of hydrogen-bond acceptors (Lipinski definition) is 3. The summed E-state index contributed by atoms with van der Waals surface area (Å²) in [6.45, 7) is 3.60. The molecule has 4 nitrogen and oxygen atoms in total. The van der Waals surface area contributed by atoms with E-state index < -0.39 is 0 Å². The monoisotopic (exact) mass is 297 g/mol. The van der Waals surface area contributed by atoms with Gasteiger partial charge in [0.15, 0.2) is 0 Å². The van der Waals surface area contributed by atoms with Crippen molar-refractivity contribution in [2.75, 3.05) is 13.1 Å². The molecule has 0 aliphatic carbocycles. The van der Waals surface area contributed by atoms with Crippen LogP contribution in [0.25, 0.3) is 0 Å². The normalized spacial score (nSPS) is 18.6. The second-order valence-electron chi connectivity index (χ2n) is 5.73. The molecule has 116 valence electrons. The Kier molecular flexibility index (Phi) is 6.02. The summed E-state index contributed by atoms with van der Waals surface area (Å²) < 4.78 is 0. The van der Waals surface area contributed by atoms with E-state index in [2.05, 4.69) is 17.1 Å². The molecule has 1 fully saturated rings. The van der Waals surface area contributed by atoms with Gasteiger partial charge in [0.2, 0.25) is 0 Å². The van der Waals surface area contributed by atoms with Crippen LogP contribution in [-0.4, -0.2) is 29.9 Å². The van der Waals surface area contributed by atoms with E-state index in [4.69, 9.17) is 0 Å². The molecule has 22 heavy (non-hydrogen) atoms. The molecule has 1 atom stereocenters. The van der Waals surface area contributed by atoms with Crippen LogP contribution in [0.4, 0.5) is 0 Å². The van der Waals surface area contributed by atoms with E-state index in [1.165, 1.54) is 12.0 Å². The van der Waals surface area contributed by atoms with Crippen LogP contribution in [0.15, 0.2) is 42.1 Å². The molecule has 0 spiro atoms. The maximum absolute atomic E-state index is 12.1. The van der Waals surface area contributed by atoms with Crippen molar-refractivity contribution in [3.05, 3.63) is 47.7 Å². The quantitative estimate of drug-likeness (QED) is 0.671. The molecular weight excluding hydrogens is 274 g/mol. The maximum atomic E-state index is 12.1. The SMILES string of the molecule is CC1CCCCN1/C=C(/C#N)C(=O)NCCc1ccccc1. The third-order valence-electron chi connectivity index (χ3n) is 4.06. The van der Waals surface area contributed by atoms with Gasteiger partial charge in [-0.3, -0.25) is 4.79 Å². The number of likely N-dealkylation sites (tertiary alicyclic amines) is 1. The number of carbonyl (C=O) groups is 1. The van der Waals surface area contributed by atoms with Gasteiger partial charge >= 0.3 is 0 Å². The molecule has 1 amide bonds. The number of hydrogen-bond donors (Lipinski definition) is 1. The molecule has 1 heterocycles. The number of nitriles is 1. The lowest BCUT2D eigenvalue weighted by Crippen LogP contribution is -2.35. The zero-order valence-electron chi connectivity index (χ0n) is 13.1. The third kappa shape index (κ3) is 4.63. The second kappa shape index (κ2) is 8.23. The van der Waals surface area contributed by atoms with Crippen LogP contribution in [-0.2, 0) is 11.2 Å². The fourth-order valence-corrected chi connectivity index (χ4v) is 2.68. The first-order valence-electron chi connectivity index (χ1n) is 7.90. The molecule has 0 aromatic heterocycles. The Morgan fingerprint density at radius 1 is 1.41 bits per heavy atom. The minimum Gasteiger partial charge on any atom is -0.373 e. The van der Waals surface area contributed by atoms with E-state index in [0.29, 0.717) is 12.6 Å². The van der Waals surface area contributed by atoms with Crippen LogP contribution in [0.1, 0.15) is 31.7 Å². The highest BCUT2D eigenvalue weighted by atomic mass is 16.1.